The van der Waals surface area contributed by atoms with Gasteiger partial charge in [0.1, 0.15) is 11.5 Å². The summed E-state index contributed by atoms with van der Waals surface area (Å²) in [4.78, 5) is 29.6. The molecule has 0 aliphatic carbocycles. The average Bonchev–Trinajstić information content (AvgIpc) is 3.22. The number of ether oxygens (including phenoxy) is 8. The molecule has 4 rings (SSSR count). The third kappa shape index (κ3) is 11.8. The normalized spacial score (nSPS) is 11.1. The number of ketones is 2. The molecule has 0 bridgehead atoms. The van der Waals surface area contributed by atoms with Crippen molar-refractivity contribution in [1.82, 2.24) is 0 Å². The Kier molecular flexibility index (Phi) is 18.1. The van der Waals surface area contributed by atoms with E-state index >= 15 is 0 Å². The van der Waals surface area contributed by atoms with Gasteiger partial charge in [-0.3, -0.25) is 9.59 Å². The standard InChI is InChI=1S/C22H26BrNO5.C22H26ClNO5/c2*1-7-29-18-9-8-15(13-17(18)24(2)3)21(25)16(23)10-14-11-19(26-4)22(28-6)20(12-14)27-5/h2*8-13H,7H2,1-6H3/b2*16-10+. The molecule has 0 heterocycles. The van der Waals surface area contributed by atoms with Crippen molar-refractivity contribution in [3.8, 4) is 46.0 Å². The third-order valence-electron chi connectivity index (χ3n) is 8.40. The van der Waals surface area contributed by atoms with Gasteiger partial charge < -0.3 is 47.7 Å². The zero-order valence-electron chi connectivity index (χ0n) is 35.1. The van der Waals surface area contributed by atoms with Gasteiger partial charge in [-0.15, -0.1) is 0 Å². The molecule has 4 aromatic rings. The fraction of sp³-hybridized carbons (Fsp3) is 0.318. The molecule has 0 aliphatic rings. The molecule has 4 aromatic carbocycles. The number of benzene rings is 4. The summed E-state index contributed by atoms with van der Waals surface area (Å²) in [5, 5.41) is 0.0631. The Morgan fingerprint density at radius 1 is 0.552 bits per heavy atom. The predicted octanol–water partition coefficient (Wildman–Crippen LogP) is 9.44. The molecule has 0 unspecified atom stereocenters. The van der Waals surface area contributed by atoms with Crippen molar-refractivity contribution < 1.29 is 47.5 Å². The second kappa shape index (κ2) is 22.4. The lowest BCUT2D eigenvalue weighted by molar-refractivity contribution is 0.103. The number of allylic oxidation sites excluding steroid dienone is 2. The number of methoxy groups -OCH3 is 6. The van der Waals surface area contributed by atoms with Crippen molar-refractivity contribution >= 4 is 62.6 Å². The lowest BCUT2D eigenvalue weighted by Crippen LogP contribution is -2.12. The Morgan fingerprint density at radius 2 is 0.914 bits per heavy atom. The van der Waals surface area contributed by atoms with E-state index in [1.165, 1.54) is 21.3 Å². The van der Waals surface area contributed by atoms with Crippen LogP contribution in [0.5, 0.6) is 46.0 Å². The van der Waals surface area contributed by atoms with Gasteiger partial charge in [-0.05, 0) is 114 Å². The maximum Gasteiger partial charge on any atom is 0.204 e. The van der Waals surface area contributed by atoms with Gasteiger partial charge in [0.15, 0.2) is 28.8 Å². The van der Waals surface area contributed by atoms with Crippen molar-refractivity contribution in [1.29, 1.82) is 0 Å². The van der Waals surface area contributed by atoms with Gasteiger partial charge in [-0.25, -0.2) is 0 Å². The molecule has 0 spiro atoms. The minimum Gasteiger partial charge on any atom is -0.493 e. The van der Waals surface area contributed by atoms with Crippen LogP contribution >= 0.6 is 27.5 Å². The number of nitrogens with zero attached hydrogens (tertiary/aromatic N) is 2. The summed E-state index contributed by atoms with van der Waals surface area (Å²) in [5.74, 6) is 3.95. The molecule has 0 aromatic heterocycles. The van der Waals surface area contributed by atoms with Crippen LogP contribution in [0.4, 0.5) is 11.4 Å². The summed E-state index contributed by atoms with van der Waals surface area (Å²) in [6.45, 7) is 4.93. The number of rotatable bonds is 18. The first-order valence-electron chi connectivity index (χ1n) is 18.0. The maximum absolute atomic E-state index is 13.0. The largest absolute Gasteiger partial charge is 0.493 e. The van der Waals surface area contributed by atoms with Gasteiger partial charge in [0.25, 0.3) is 0 Å². The number of carbonyl (C=O) groups is 2. The molecule has 0 amide bonds. The number of carbonyl (C=O) groups excluding carboxylic acids is 2. The first-order valence-corrected chi connectivity index (χ1v) is 19.2. The summed E-state index contributed by atoms with van der Waals surface area (Å²) >= 11 is 9.76. The van der Waals surface area contributed by atoms with E-state index in [0.717, 1.165) is 22.7 Å². The van der Waals surface area contributed by atoms with Gasteiger partial charge in [-0.2, -0.15) is 0 Å². The molecule has 0 aliphatic heterocycles. The van der Waals surface area contributed by atoms with E-state index < -0.39 is 0 Å². The van der Waals surface area contributed by atoms with Crippen LogP contribution in [-0.2, 0) is 0 Å². The molecular formula is C44H52BrClN2O10. The summed E-state index contributed by atoms with van der Waals surface area (Å²) in [5.41, 5.74) is 4.04. The Bertz CT molecular complexity index is 1920. The van der Waals surface area contributed by atoms with E-state index in [1.54, 1.807) is 82.0 Å². The highest BCUT2D eigenvalue weighted by molar-refractivity contribution is 9.12. The number of Topliss-reactive ketones (excluding diaryl/α,β-unsaturated/α-hetero) is 2. The SMILES string of the molecule is CCOc1ccc(C(=O)/C(Br)=C\c2cc(OC)c(OC)c(OC)c2)cc1N(C)C.CCOc1ccc(C(=O)/C(Cl)=C\c2cc(OC)c(OC)c(OC)c2)cc1N(C)C. The van der Waals surface area contributed by atoms with Gasteiger partial charge in [0, 0.05) is 39.3 Å². The lowest BCUT2D eigenvalue weighted by atomic mass is 10.1. The number of halogens is 2. The second-order valence-corrected chi connectivity index (χ2v) is 13.8. The van der Waals surface area contributed by atoms with Gasteiger partial charge >= 0.3 is 0 Å². The molecule has 312 valence electrons. The van der Waals surface area contributed by atoms with E-state index in [4.69, 9.17) is 49.5 Å². The van der Waals surface area contributed by atoms with E-state index in [-0.39, 0.29) is 16.6 Å². The number of hydrogen-bond acceptors (Lipinski definition) is 12. The number of anilines is 2. The summed E-state index contributed by atoms with van der Waals surface area (Å²) in [6, 6.07) is 17.6. The highest BCUT2D eigenvalue weighted by atomic mass is 79.9. The van der Waals surface area contributed by atoms with E-state index in [2.05, 4.69) is 15.9 Å². The van der Waals surface area contributed by atoms with E-state index in [9.17, 15) is 9.59 Å². The second-order valence-electron chi connectivity index (χ2n) is 12.6. The Labute approximate surface area is 354 Å². The van der Waals surface area contributed by atoms with Crippen LogP contribution in [-0.4, -0.2) is 95.6 Å². The quantitative estimate of drug-likeness (QED) is 0.0701. The van der Waals surface area contributed by atoms with Crippen LogP contribution in [0.1, 0.15) is 45.7 Å². The smallest absolute Gasteiger partial charge is 0.204 e. The topological polar surface area (TPSA) is 114 Å². The Hall–Kier alpha value is -5.53. The molecule has 0 fully saturated rings. The van der Waals surface area contributed by atoms with E-state index in [0.29, 0.717) is 74.6 Å². The molecule has 14 heteroatoms. The monoisotopic (exact) mass is 882 g/mol. The summed E-state index contributed by atoms with van der Waals surface area (Å²) < 4.78 is 43.7. The van der Waals surface area contributed by atoms with Crippen LogP contribution < -0.4 is 47.7 Å². The fourth-order valence-corrected chi connectivity index (χ4v) is 6.37. The average molecular weight is 884 g/mol. The van der Waals surface area contributed by atoms with Crippen LogP contribution in [0, 0.1) is 0 Å². The van der Waals surface area contributed by atoms with Gasteiger partial charge in [-0.1, -0.05) is 11.6 Å². The highest BCUT2D eigenvalue weighted by Gasteiger charge is 2.19. The molecular weight excluding hydrogens is 832 g/mol. The minimum atomic E-state index is -0.299. The highest BCUT2D eigenvalue weighted by Crippen LogP contribution is 2.40. The predicted molar refractivity (Wildman–Crippen MR) is 235 cm³/mol. The zero-order valence-corrected chi connectivity index (χ0v) is 37.4. The molecule has 0 radical (unpaired) electrons. The molecule has 12 nitrogen and oxygen atoms in total. The first kappa shape index (κ1) is 46.8. The summed E-state index contributed by atoms with van der Waals surface area (Å²) in [6.07, 6.45) is 3.29. The minimum absolute atomic E-state index is 0.0631. The van der Waals surface area contributed by atoms with Gasteiger partial charge in [0.2, 0.25) is 17.3 Å². The van der Waals surface area contributed by atoms with Crippen LogP contribution in [0.3, 0.4) is 0 Å². The van der Waals surface area contributed by atoms with Crippen molar-refractivity contribution in [3.05, 3.63) is 92.4 Å². The molecule has 0 N–H and O–H groups in total. The van der Waals surface area contributed by atoms with Crippen LogP contribution in [0.2, 0.25) is 0 Å². The lowest BCUT2D eigenvalue weighted by Gasteiger charge is -2.18. The Morgan fingerprint density at radius 3 is 1.24 bits per heavy atom. The molecule has 58 heavy (non-hydrogen) atoms. The molecule has 0 saturated carbocycles. The molecule has 0 saturated heterocycles. The van der Waals surface area contributed by atoms with Crippen LogP contribution in [0.25, 0.3) is 12.2 Å². The molecule has 0 atom stereocenters. The van der Waals surface area contributed by atoms with Crippen molar-refractivity contribution in [2.24, 2.45) is 0 Å². The van der Waals surface area contributed by atoms with E-state index in [1.807, 2.05) is 64.0 Å². The Balaban J connectivity index is 0.000000310. The summed E-state index contributed by atoms with van der Waals surface area (Å²) in [7, 11) is 16.8. The zero-order chi connectivity index (χ0) is 43.1. The van der Waals surface area contributed by atoms with Crippen LogP contribution in [0.15, 0.2) is 70.2 Å². The fourth-order valence-electron chi connectivity index (χ4n) is 5.64. The third-order valence-corrected chi connectivity index (χ3v) is 9.27. The first-order chi connectivity index (χ1) is 27.7. The van der Waals surface area contributed by atoms with Crippen molar-refractivity contribution in [2.75, 3.05) is 93.9 Å². The number of hydrogen-bond donors (Lipinski definition) is 0. The van der Waals surface area contributed by atoms with Crippen molar-refractivity contribution in [3.63, 3.8) is 0 Å². The van der Waals surface area contributed by atoms with Crippen molar-refractivity contribution in [2.45, 2.75) is 13.8 Å². The maximum atomic E-state index is 13.0. The van der Waals surface area contributed by atoms with Gasteiger partial charge in [0.05, 0.1) is 76.8 Å².